The van der Waals surface area contributed by atoms with Crippen LogP contribution in [0, 0.1) is 13.8 Å². The number of carbonyl (C=O) groups is 2. The van der Waals surface area contributed by atoms with E-state index in [1.54, 1.807) is 31.2 Å². The highest BCUT2D eigenvalue weighted by atomic mass is 32.1. The second-order valence-electron chi connectivity index (χ2n) is 4.51. The molecule has 2 rings (SSSR count). The first-order valence-electron chi connectivity index (χ1n) is 6.78. The molecule has 0 bridgehead atoms. The molecule has 0 aliphatic heterocycles. The van der Waals surface area contributed by atoms with Crippen molar-refractivity contribution in [2.75, 3.05) is 6.61 Å². The highest BCUT2D eigenvalue weighted by Crippen LogP contribution is 2.16. The molecule has 2 amide bonds. The standard InChI is InChI=1S/C15H17N3O3S/c1-4-21-12-7-5-11(6-8-12)14(19)17-18-15(20)13-9(2)16-10(3)22-13/h5-8H,4H2,1-3H3,(H,17,19)(H,18,20). The van der Waals surface area contributed by atoms with Crippen LogP contribution in [-0.4, -0.2) is 23.4 Å². The maximum Gasteiger partial charge on any atom is 0.281 e. The monoisotopic (exact) mass is 319 g/mol. The average Bonchev–Trinajstić information content (AvgIpc) is 2.84. The van der Waals surface area contributed by atoms with E-state index in [1.165, 1.54) is 11.3 Å². The summed E-state index contributed by atoms with van der Waals surface area (Å²) in [5.41, 5.74) is 5.86. The zero-order valence-corrected chi connectivity index (χ0v) is 13.4. The van der Waals surface area contributed by atoms with Crippen molar-refractivity contribution in [2.24, 2.45) is 0 Å². The Hall–Kier alpha value is -2.41. The number of ether oxygens (including phenoxy) is 1. The van der Waals surface area contributed by atoms with Gasteiger partial charge in [0.25, 0.3) is 11.8 Å². The lowest BCUT2D eigenvalue weighted by Gasteiger charge is -2.07. The Kier molecular flexibility index (Phi) is 5.11. The van der Waals surface area contributed by atoms with Crippen molar-refractivity contribution < 1.29 is 14.3 Å². The van der Waals surface area contributed by atoms with Gasteiger partial charge in [-0.1, -0.05) is 0 Å². The molecule has 0 spiro atoms. The molecule has 0 radical (unpaired) electrons. The largest absolute Gasteiger partial charge is 0.494 e. The third-order valence-corrected chi connectivity index (χ3v) is 3.90. The molecule has 2 N–H and O–H groups in total. The Balaban J connectivity index is 1.94. The minimum atomic E-state index is -0.393. The number of rotatable bonds is 4. The highest BCUT2D eigenvalue weighted by Gasteiger charge is 2.14. The van der Waals surface area contributed by atoms with Crippen LogP contribution in [0.3, 0.4) is 0 Å². The number of hydrogen-bond acceptors (Lipinski definition) is 5. The van der Waals surface area contributed by atoms with Crippen LogP contribution in [0.2, 0.25) is 0 Å². The lowest BCUT2D eigenvalue weighted by atomic mass is 10.2. The van der Waals surface area contributed by atoms with Gasteiger partial charge in [-0.05, 0) is 45.0 Å². The summed E-state index contributed by atoms with van der Waals surface area (Å²) in [6, 6.07) is 6.68. The molecule has 7 heteroatoms. The first kappa shape index (κ1) is 16.0. The molecule has 0 fully saturated rings. The molecule has 0 aliphatic carbocycles. The Bertz CT molecular complexity index is 680. The van der Waals surface area contributed by atoms with Gasteiger partial charge >= 0.3 is 0 Å². The van der Waals surface area contributed by atoms with Gasteiger partial charge in [0, 0.05) is 5.56 Å². The molecular weight excluding hydrogens is 302 g/mol. The summed E-state index contributed by atoms with van der Waals surface area (Å²) in [7, 11) is 0. The van der Waals surface area contributed by atoms with Gasteiger partial charge in [-0.15, -0.1) is 11.3 Å². The van der Waals surface area contributed by atoms with Crippen molar-refractivity contribution in [2.45, 2.75) is 20.8 Å². The predicted molar refractivity (Wildman–Crippen MR) is 84.1 cm³/mol. The Morgan fingerprint density at radius 2 is 1.77 bits per heavy atom. The van der Waals surface area contributed by atoms with E-state index < -0.39 is 5.91 Å². The van der Waals surface area contributed by atoms with Crippen molar-refractivity contribution in [1.29, 1.82) is 0 Å². The molecule has 2 aromatic rings. The molecule has 116 valence electrons. The molecule has 0 atom stereocenters. The molecule has 6 nitrogen and oxygen atoms in total. The number of thiazole rings is 1. The number of aromatic nitrogens is 1. The van der Waals surface area contributed by atoms with Crippen LogP contribution >= 0.6 is 11.3 Å². The summed E-state index contributed by atoms with van der Waals surface area (Å²) >= 11 is 1.29. The van der Waals surface area contributed by atoms with Crippen molar-refractivity contribution in [1.82, 2.24) is 15.8 Å². The van der Waals surface area contributed by atoms with E-state index in [1.807, 2.05) is 13.8 Å². The van der Waals surface area contributed by atoms with E-state index in [0.29, 0.717) is 28.5 Å². The lowest BCUT2D eigenvalue weighted by Crippen LogP contribution is -2.41. The van der Waals surface area contributed by atoms with Gasteiger partial charge < -0.3 is 4.74 Å². The summed E-state index contributed by atoms with van der Waals surface area (Å²) < 4.78 is 5.31. The molecule has 1 aromatic carbocycles. The number of benzene rings is 1. The molecule has 1 heterocycles. The number of aryl methyl sites for hydroxylation is 2. The summed E-state index contributed by atoms with van der Waals surface area (Å²) in [5, 5.41) is 0.806. The summed E-state index contributed by atoms with van der Waals surface area (Å²) in [6.07, 6.45) is 0. The molecule has 22 heavy (non-hydrogen) atoms. The molecule has 0 unspecified atom stereocenters. The second-order valence-corrected chi connectivity index (χ2v) is 5.72. The van der Waals surface area contributed by atoms with Gasteiger partial charge in [0.2, 0.25) is 0 Å². The van der Waals surface area contributed by atoms with Crippen LogP contribution in [0.5, 0.6) is 5.75 Å². The number of nitrogens with one attached hydrogen (secondary N) is 2. The van der Waals surface area contributed by atoms with Gasteiger partial charge in [-0.25, -0.2) is 4.98 Å². The number of hydrazine groups is 1. The summed E-state index contributed by atoms with van der Waals surface area (Å²) in [4.78, 5) is 28.6. The second kappa shape index (κ2) is 7.04. The van der Waals surface area contributed by atoms with E-state index in [4.69, 9.17) is 4.74 Å². The van der Waals surface area contributed by atoms with Crippen molar-refractivity contribution >= 4 is 23.2 Å². The third-order valence-electron chi connectivity index (χ3n) is 2.83. The first-order chi connectivity index (χ1) is 10.5. The number of hydrogen-bond donors (Lipinski definition) is 2. The van der Waals surface area contributed by atoms with Crippen LogP contribution < -0.4 is 15.6 Å². The van der Waals surface area contributed by atoms with Gasteiger partial charge in [0.1, 0.15) is 10.6 Å². The molecule has 0 saturated heterocycles. The van der Waals surface area contributed by atoms with Crippen molar-refractivity contribution in [3.8, 4) is 5.75 Å². The van der Waals surface area contributed by atoms with E-state index in [9.17, 15) is 9.59 Å². The van der Waals surface area contributed by atoms with Crippen LogP contribution in [0.15, 0.2) is 24.3 Å². The van der Waals surface area contributed by atoms with Crippen LogP contribution in [0.1, 0.15) is 37.7 Å². The fourth-order valence-corrected chi connectivity index (χ4v) is 2.67. The number of carbonyl (C=O) groups excluding carboxylic acids is 2. The lowest BCUT2D eigenvalue weighted by molar-refractivity contribution is 0.0848. The van der Waals surface area contributed by atoms with E-state index in [2.05, 4.69) is 15.8 Å². The predicted octanol–water partition coefficient (Wildman–Crippen LogP) is 2.23. The van der Waals surface area contributed by atoms with E-state index in [-0.39, 0.29) is 5.91 Å². The zero-order valence-electron chi connectivity index (χ0n) is 12.6. The van der Waals surface area contributed by atoms with Gasteiger partial charge in [-0.2, -0.15) is 0 Å². The highest BCUT2D eigenvalue weighted by molar-refractivity contribution is 7.13. The number of nitrogens with zero attached hydrogens (tertiary/aromatic N) is 1. The van der Waals surface area contributed by atoms with Crippen LogP contribution in [-0.2, 0) is 0 Å². The minimum absolute atomic E-state index is 0.373. The maximum atomic E-state index is 12.0. The van der Waals surface area contributed by atoms with Crippen molar-refractivity contribution in [3.63, 3.8) is 0 Å². The fourth-order valence-electron chi connectivity index (χ4n) is 1.85. The molecule has 0 saturated carbocycles. The Morgan fingerprint density at radius 3 is 2.32 bits per heavy atom. The summed E-state index contributed by atoms with van der Waals surface area (Å²) in [5.74, 6) is -0.0727. The Morgan fingerprint density at radius 1 is 1.14 bits per heavy atom. The van der Waals surface area contributed by atoms with E-state index in [0.717, 1.165) is 5.01 Å². The fraction of sp³-hybridized carbons (Fsp3) is 0.267. The van der Waals surface area contributed by atoms with Gasteiger partial charge in [0.15, 0.2) is 0 Å². The smallest absolute Gasteiger partial charge is 0.281 e. The van der Waals surface area contributed by atoms with Crippen molar-refractivity contribution in [3.05, 3.63) is 45.4 Å². The minimum Gasteiger partial charge on any atom is -0.494 e. The molecule has 0 aliphatic rings. The quantitative estimate of drug-likeness (QED) is 0.847. The third kappa shape index (κ3) is 3.82. The number of amides is 2. The maximum absolute atomic E-state index is 12.0. The normalized spacial score (nSPS) is 10.1. The Labute approximate surface area is 132 Å². The SMILES string of the molecule is CCOc1ccc(C(=O)NNC(=O)c2sc(C)nc2C)cc1. The average molecular weight is 319 g/mol. The van der Waals surface area contributed by atoms with E-state index >= 15 is 0 Å². The van der Waals surface area contributed by atoms with Gasteiger partial charge in [0.05, 0.1) is 17.3 Å². The molecular formula is C15H17N3O3S. The van der Waals surface area contributed by atoms with Crippen LogP contribution in [0.25, 0.3) is 0 Å². The van der Waals surface area contributed by atoms with Crippen LogP contribution in [0.4, 0.5) is 0 Å². The van der Waals surface area contributed by atoms with Gasteiger partial charge in [-0.3, -0.25) is 20.4 Å². The first-order valence-corrected chi connectivity index (χ1v) is 7.60. The summed E-state index contributed by atoms with van der Waals surface area (Å²) in [6.45, 7) is 6.04. The topological polar surface area (TPSA) is 80.3 Å². The zero-order chi connectivity index (χ0) is 16.1. The molecule has 1 aromatic heterocycles.